The molecule has 3 nitrogen and oxygen atoms in total. The summed E-state index contributed by atoms with van der Waals surface area (Å²) in [4.78, 5) is 2.20. The van der Waals surface area contributed by atoms with Crippen molar-refractivity contribution in [2.45, 2.75) is 13.0 Å². The number of anilines is 1. The monoisotopic (exact) mass is 296 g/mol. The van der Waals surface area contributed by atoms with Gasteiger partial charge in [-0.1, -0.05) is 0 Å². The summed E-state index contributed by atoms with van der Waals surface area (Å²) in [6.07, 6.45) is 0. The molecule has 1 heterocycles. The molecule has 2 rings (SSSR count). The topological polar surface area (TPSA) is 38.5 Å². The Labute approximate surface area is 119 Å². The van der Waals surface area contributed by atoms with Crippen molar-refractivity contribution in [1.82, 2.24) is 0 Å². The molecule has 6 heteroatoms. The molecule has 0 radical (unpaired) electrons. The van der Waals surface area contributed by atoms with E-state index in [4.69, 9.17) is 10.5 Å². The maximum atomic E-state index is 13.2. The van der Waals surface area contributed by atoms with E-state index in [-0.39, 0.29) is 36.7 Å². The first kappa shape index (κ1) is 17.4. The Hall–Kier alpha value is -0.550. The first-order chi connectivity index (χ1) is 7.68. The number of nitrogens with zero attached hydrogens (tertiary/aromatic N) is 1. The summed E-state index contributed by atoms with van der Waals surface area (Å²) >= 11 is 0. The van der Waals surface area contributed by atoms with E-state index in [0.29, 0.717) is 0 Å². The van der Waals surface area contributed by atoms with Gasteiger partial charge in [0.05, 0.1) is 13.2 Å². The molecule has 1 saturated heterocycles. The summed E-state index contributed by atoms with van der Waals surface area (Å²) in [5.41, 5.74) is 7.76. The van der Waals surface area contributed by atoms with Crippen LogP contribution in [0.3, 0.4) is 0 Å². The van der Waals surface area contributed by atoms with E-state index >= 15 is 0 Å². The molecule has 0 aromatic heterocycles. The van der Waals surface area contributed by atoms with E-state index in [1.54, 1.807) is 6.07 Å². The number of nitrogens with two attached hydrogens (primary N) is 1. The van der Waals surface area contributed by atoms with Crippen LogP contribution in [0.25, 0.3) is 0 Å². The summed E-state index contributed by atoms with van der Waals surface area (Å²) in [7, 11) is 0. The summed E-state index contributed by atoms with van der Waals surface area (Å²) < 4.78 is 18.5. The molecule has 0 bridgehead atoms. The van der Waals surface area contributed by atoms with Crippen LogP contribution in [-0.2, 0) is 4.74 Å². The third kappa shape index (κ3) is 3.99. The first-order valence-electron chi connectivity index (χ1n) is 5.56. The van der Waals surface area contributed by atoms with E-state index in [1.165, 1.54) is 12.1 Å². The van der Waals surface area contributed by atoms with Gasteiger partial charge in [0.1, 0.15) is 5.82 Å². The Bertz CT molecular complexity index is 371. The van der Waals surface area contributed by atoms with Gasteiger partial charge >= 0.3 is 0 Å². The SMILES string of the molecule is CC(N)c1cc(F)ccc1N1CCOCC1.Cl.Cl. The van der Waals surface area contributed by atoms with Crippen LogP contribution in [0.1, 0.15) is 18.5 Å². The number of rotatable bonds is 2. The maximum absolute atomic E-state index is 13.2. The smallest absolute Gasteiger partial charge is 0.123 e. The molecule has 0 saturated carbocycles. The van der Waals surface area contributed by atoms with Crippen LogP contribution in [0.2, 0.25) is 0 Å². The second kappa shape index (κ2) is 7.79. The fourth-order valence-electron chi connectivity index (χ4n) is 1.98. The molecular formula is C12H19Cl2FN2O. The van der Waals surface area contributed by atoms with Crippen molar-refractivity contribution in [2.75, 3.05) is 31.2 Å². The molecular weight excluding hydrogens is 278 g/mol. The molecule has 1 aromatic rings. The van der Waals surface area contributed by atoms with Crippen LogP contribution in [0, 0.1) is 5.82 Å². The number of morpholine rings is 1. The Balaban J connectivity index is 0.00000144. The zero-order chi connectivity index (χ0) is 11.5. The quantitative estimate of drug-likeness (QED) is 0.911. The molecule has 104 valence electrons. The van der Waals surface area contributed by atoms with Crippen LogP contribution >= 0.6 is 24.8 Å². The van der Waals surface area contributed by atoms with Crippen molar-refractivity contribution in [3.63, 3.8) is 0 Å². The average Bonchev–Trinajstić information content (AvgIpc) is 2.30. The van der Waals surface area contributed by atoms with E-state index in [9.17, 15) is 4.39 Å². The molecule has 1 aromatic carbocycles. The molecule has 2 N–H and O–H groups in total. The first-order valence-corrected chi connectivity index (χ1v) is 5.56. The maximum Gasteiger partial charge on any atom is 0.123 e. The summed E-state index contributed by atoms with van der Waals surface area (Å²) in [6.45, 7) is 4.99. The van der Waals surface area contributed by atoms with Gasteiger partial charge in [-0.3, -0.25) is 0 Å². The highest BCUT2D eigenvalue weighted by Crippen LogP contribution is 2.26. The molecule has 1 unspecified atom stereocenters. The molecule has 0 aliphatic carbocycles. The lowest BCUT2D eigenvalue weighted by Crippen LogP contribution is -2.37. The number of hydrogen-bond acceptors (Lipinski definition) is 3. The molecule has 1 fully saturated rings. The molecule has 18 heavy (non-hydrogen) atoms. The number of benzene rings is 1. The zero-order valence-electron chi connectivity index (χ0n) is 10.3. The second-order valence-electron chi connectivity index (χ2n) is 4.09. The average molecular weight is 297 g/mol. The minimum absolute atomic E-state index is 0. The minimum atomic E-state index is -0.232. The van der Waals surface area contributed by atoms with Crippen molar-refractivity contribution in [1.29, 1.82) is 0 Å². The molecule has 1 atom stereocenters. The minimum Gasteiger partial charge on any atom is -0.378 e. The van der Waals surface area contributed by atoms with Gasteiger partial charge in [0.25, 0.3) is 0 Å². The normalized spacial score (nSPS) is 16.5. The molecule has 1 aliphatic rings. The number of halogens is 3. The lowest BCUT2D eigenvalue weighted by Gasteiger charge is -2.31. The van der Waals surface area contributed by atoms with E-state index < -0.39 is 0 Å². The van der Waals surface area contributed by atoms with E-state index in [0.717, 1.165) is 37.6 Å². The van der Waals surface area contributed by atoms with Gasteiger partial charge in [-0.2, -0.15) is 0 Å². The van der Waals surface area contributed by atoms with E-state index in [2.05, 4.69) is 4.90 Å². The molecule has 0 amide bonds. The summed E-state index contributed by atoms with van der Waals surface area (Å²) in [6, 6.07) is 4.65. The van der Waals surface area contributed by atoms with Crippen molar-refractivity contribution < 1.29 is 9.13 Å². The van der Waals surface area contributed by atoms with Crippen LogP contribution < -0.4 is 10.6 Å². The Kier molecular flexibility index (Phi) is 7.55. The van der Waals surface area contributed by atoms with Crippen molar-refractivity contribution in [3.05, 3.63) is 29.6 Å². The number of ether oxygens (including phenoxy) is 1. The fourth-order valence-corrected chi connectivity index (χ4v) is 1.98. The van der Waals surface area contributed by atoms with Gasteiger partial charge in [0.15, 0.2) is 0 Å². The van der Waals surface area contributed by atoms with Crippen molar-refractivity contribution in [2.24, 2.45) is 5.73 Å². The molecule has 1 aliphatic heterocycles. The van der Waals surface area contributed by atoms with Gasteiger partial charge in [0, 0.05) is 24.8 Å². The number of hydrogen-bond donors (Lipinski definition) is 1. The lowest BCUT2D eigenvalue weighted by molar-refractivity contribution is 0.122. The van der Waals surface area contributed by atoms with Crippen LogP contribution in [0.5, 0.6) is 0 Å². The Morgan fingerprint density at radius 1 is 1.28 bits per heavy atom. The summed E-state index contributed by atoms with van der Waals surface area (Å²) in [5, 5.41) is 0. The lowest BCUT2D eigenvalue weighted by atomic mass is 10.1. The van der Waals surface area contributed by atoms with Gasteiger partial charge in [-0.05, 0) is 30.7 Å². The van der Waals surface area contributed by atoms with Crippen LogP contribution in [0.4, 0.5) is 10.1 Å². The highest BCUT2D eigenvalue weighted by molar-refractivity contribution is 5.85. The van der Waals surface area contributed by atoms with Crippen LogP contribution in [-0.4, -0.2) is 26.3 Å². The second-order valence-corrected chi connectivity index (χ2v) is 4.09. The fraction of sp³-hybridized carbons (Fsp3) is 0.500. The summed E-state index contributed by atoms with van der Waals surface area (Å²) in [5.74, 6) is -0.232. The largest absolute Gasteiger partial charge is 0.378 e. The Morgan fingerprint density at radius 2 is 1.89 bits per heavy atom. The highest BCUT2D eigenvalue weighted by atomic mass is 35.5. The van der Waals surface area contributed by atoms with Gasteiger partial charge < -0.3 is 15.4 Å². The van der Waals surface area contributed by atoms with Crippen molar-refractivity contribution >= 4 is 30.5 Å². The predicted molar refractivity (Wildman–Crippen MR) is 76.5 cm³/mol. The van der Waals surface area contributed by atoms with Gasteiger partial charge in [-0.25, -0.2) is 4.39 Å². The third-order valence-corrected chi connectivity index (χ3v) is 2.83. The van der Waals surface area contributed by atoms with Gasteiger partial charge in [0.2, 0.25) is 0 Å². The van der Waals surface area contributed by atoms with Gasteiger partial charge in [-0.15, -0.1) is 24.8 Å². The zero-order valence-corrected chi connectivity index (χ0v) is 11.9. The standard InChI is InChI=1S/C12H17FN2O.2ClH/c1-9(14)11-8-10(13)2-3-12(11)15-4-6-16-7-5-15;;/h2-3,8-9H,4-7,14H2,1H3;2*1H. The predicted octanol–water partition coefficient (Wildman–Crippen LogP) is 2.53. The third-order valence-electron chi connectivity index (χ3n) is 2.83. The highest BCUT2D eigenvalue weighted by Gasteiger charge is 2.16. The van der Waals surface area contributed by atoms with E-state index in [1.807, 2.05) is 6.92 Å². The Morgan fingerprint density at radius 3 is 2.44 bits per heavy atom. The van der Waals surface area contributed by atoms with Crippen molar-refractivity contribution in [3.8, 4) is 0 Å². The van der Waals surface area contributed by atoms with Crippen LogP contribution in [0.15, 0.2) is 18.2 Å². The molecule has 0 spiro atoms.